The number of fused-ring (bicyclic) bond motifs is 1. The van der Waals surface area contributed by atoms with Crippen molar-refractivity contribution in [2.45, 2.75) is 13.5 Å². The Bertz CT molecular complexity index is 1410. The average Bonchev–Trinajstić information content (AvgIpc) is 3.46. The molecule has 0 aliphatic rings. The van der Waals surface area contributed by atoms with Crippen molar-refractivity contribution in [3.63, 3.8) is 0 Å². The van der Waals surface area contributed by atoms with Crippen LogP contribution >= 0.6 is 0 Å². The first kappa shape index (κ1) is 19.7. The molecule has 0 aliphatic heterocycles. The zero-order chi connectivity index (χ0) is 22.1. The minimum Gasteiger partial charge on any atom is -0.467 e. The smallest absolute Gasteiger partial charge is 0.251 e. The number of nitrogens with zero attached hydrogens (tertiary/aromatic N) is 3. The van der Waals surface area contributed by atoms with Gasteiger partial charge in [-0.2, -0.15) is 0 Å². The van der Waals surface area contributed by atoms with Gasteiger partial charge in [-0.25, -0.2) is 14.4 Å². The zero-order valence-corrected chi connectivity index (χ0v) is 17.2. The summed E-state index contributed by atoms with van der Waals surface area (Å²) in [4.78, 5) is 21.5. The molecular formula is C25H19FN4O2. The molecule has 0 aliphatic carbocycles. The summed E-state index contributed by atoms with van der Waals surface area (Å²) < 4.78 is 21.2. The SMILES string of the molecule is Cc1cn(-c2ncc(-c3ccccc3F)cn2)c2cc(C(=O)NCc3ccco3)ccc12. The number of hydrogen-bond donors (Lipinski definition) is 1. The van der Waals surface area contributed by atoms with Gasteiger partial charge in [-0.05, 0) is 42.8 Å². The van der Waals surface area contributed by atoms with Crippen molar-refractivity contribution in [2.24, 2.45) is 0 Å². The number of nitrogens with one attached hydrogen (secondary N) is 1. The van der Waals surface area contributed by atoms with Crippen LogP contribution in [0.15, 0.2) is 83.9 Å². The number of halogens is 1. The Balaban J connectivity index is 1.47. The zero-order valence-electron chi connectivity index (χ0n) is 17.2. The number of rotatable bonds is 5. The molecule has 2 aromatic carbocycles. The lowest BCUT2D eigenvalue weighted by molar-refractivity contribution is 0.0948. The van der Waals surface area contributed by atoms with Gasteiger partial charge in [0.15, 0.2) is 0 Å². The summed E-state index contributed by atoms with van der Waals surface area (Å²) in [6, 6.07) is 15.6. The van der Waals surface area contributed by atoms with Gasteiger partial charge in [0.05, 0.1) is 18.3 Å². The van der Waals surface area contributed by atoms with Gasteiger partial charge < -0.3 is 9.73 Å². The molecular weight excluding hydrogens is 407 g/mol. The summed E-state index contributed by atoms with van der Waals surface area (Å²) >= 11 is 0. The third kappa shape index (κ3) is 3.65. The summed E-state index contributed by atoms with van der Waals surface area (Å²) in [5.74, 6) is 0.596. The molecule has 1 amide bonds. The number of benzene rings is 2. The standard InChI is InChI=1S/C25H19FN4O2/c1-16-15-30(25-28-12-18(13-29-25)21-6-2-3-7-22(21)26)23-11-17(8-9-20(16)23)24(31)27-14-19-5-4-10-32-19/h2-13,15H,14H2,1H3,(H,27,31). The van der Waals surface area contributed by atoms with Crippen LogP contribution in [0, 0.1) is 12.7 Å². The Morgan fingerprint density at radius 3 is 2.66 bits per heavy atom. The Hall–Kier alpha value is -4.26. The second kappa shape index (κ2) is 8.11. The van der Waals surface area contributed by atoms with Crippen molar-refractivity contribution in [2.75, 3.05) is 0 Å². The van der Waals surface area contributed by atoms with Crippen LogP contribution in [-0.4, -0.2) is 20.4 Å². The van der Waals surface area contributed by atoms with E-state index >= 15 is 0 Å². The minimum absolute atomic E-state index is 0.204. The van der Waals surface area contributed by atoms with Gasteiger partial charge in [0.2, 0.25) is 5.95 Å². The molecule has 3 aromatic heterocycles. The number of aromatic nitrogens is 3. The second-order valence-electron chi connectivity index (χ2n) is 7.43. The first-order valence-corrected chi connectivity index (χ1v) is 10.1. The predicted octanol–water partition coefficient (Wildman–Crippen LogP) is 5.06. The summed E-state index contributed by atoms with van der Waals surface area (Å²) in [7, 11) is 0. The molecule has 32 heavy (non-hydrogen) atoms. The van der Waals surface area contributed by atoms with Gasteiger partial charge in [0.25, 0.3) is 5.91 Å². The van der Waals surface area contributed by atoms with Crippen molar-refractivity contribution in [1.29, 1.82) is 0 Å². The van der Waals surface area contributed by atoms with E-state index in [1.54, 1.807) is 55.1 Å². The lowest BCUT2D eigenvalue weighted by Gasteiger charge is -2.08. The van der Waals surface area contributed by atoms with Crippen molar-refractivity contribution in [1.82, 2.24) is 19.9 Å². The van der Waals surface area contributed by atoms with E-state index in [0.717, 1.165) is 16.5 Å². The fourth-order valence-corrected chi connectivity index (χ4v) is 3.67. The maximum absolute atomic E-state index is 14.1. The van der Waals surface area contributed by atoms with Crippen molar-refractivity contribution in [3.05, 3.63) is 102 Å². The number of furan rings is 1. The van der Waals surface area contributed by atoms with Gasteiger partial charge >= 0.3 is 0 Å². The van der Waals surface area contributed by atoms with E-state index in [4.69, 9.17) is 4.42 Å². The summed E-state index contributed by atoms with van der Waals surface area (Å²) in [6.07, 6.45) is 6.69. The average molecular weight is 426 g/mol. The summed E-state index contributed by atoms with van der Waals surface area (Å²) in [6.45, 7) is 2.30. The van der Waals surface area contributed by atoms with Crippen LogP contribution in [0.2, 0.25) is 0 Å². The highest BCUT2D eigenvalue weighted by atomic mass is 19.1. The topological polar surface area (TPSA) is 73.0 Å². The molecule has 1 N–H and O–H groups in total. The van der Waals surface area contributed by atoms with Crippen LogP contribution < -0.4 is 5.32 Å². The molecule has 0 saturated carbocycles. The summed E-state index contributed by atoms with van der Waals surface area (Å²) in [5, 5.41) is 3.85. The molecule has 0 saturated heterocycles. The molecule has 3 heterocycles. The van der Waals surface area contributed by atoms with Gasteiger partial charge in [0.1, 0.15) is 11.6 Å². The normalized spacial score (nSPS) is 11.1. The molecule has 0 spiro atoms. The highest BCUT2D eigenvalue weighted by molar-refractivity contribution is 5.98. The molecule has 6 nitrogen and oxygen atoms in total. The first-order chi connectivity index (χ1) is 15.6. The van der Waals surface area contributed by atoms with Crippen molar-refractivity contribution in [3.8, 4) is 17.1 Å². The van der Waals surface area contributed by atoms with Crippen LogP contribution in [0.5, 0.6) is 0 Å². The number of carbonyl (C=O) groups excluding carboxylic acids is 1. The molecule has 0 atom stereocenters. The molecule has 0 fully saturated rings. The lowest BCUT2D eigenvalue weighted by Crippen LogP contribution is -2.22. The Kier molecular flexibility index (Phi) is 4.99. The lowest BCUT2D eigenvalue weighted by atomic mass is 10.1. The Morgan fingerprint density at radius 2 is 1.91 bits per heavy atom. The van der Waals surface area contributed by atoms with E-state index in [9.17, 15) is 9.18 Å². The van der Waals surface area contributed by atoms with E-state index in [-0.39, 0.29) is 11.7 Å². The maximum atomic E-state index is 14.1. The van der Waals surface area contributed by atoms with Gasteiger partial charge in [-0.3, -0.25) is 9.36 Å². The van der Waals surface area contributed by atoms with Crippen molar-refractivity contribution >= 4 is 16.8 Å². The monoisotopic (exact) mass is 426 g/mol. The van der Waals surface area contributed by atoms with E-state index in [1.165, 1.54) is 6.07 Å². The number of aryl methyl sites for hydroxylation is 1. The van der Waals surface area contributed by atoms with Crippen molar-refractivity contribution < 1.29 is 13.6 Å². The third-order valence-corrected chi connectivity index (χ3v) is 5.31. The largest absolute Gasteiger partial charge is 0.467 e. The Labute approximate surface area is 183 Å². The predicted molar refractivity (Wildman–Crippen MR) is 119 cm³/mol. The van der Waals surface area contributed by atoms with Crippen LogP contribution in [0.3, 0.4) is 0 Å². The highest BCUT2D eigenvalue weighted by Gasteiger charge is 2.14. The quantitative estimate of drug-likeness (QED) is 0.426. The van der Waals surface area contributed by atoms with Gasteiger partial charge in [0, 0.05) is 40.7 Å². The van der Waals surface area contributed by atoms with Gasteiger partial charge in [-0.15, -0.1) is 0 Å². The van der Waals surface area contributed by atoms with E-state index < -0.39 is 0 Å². The third-order valence-electron chi connectivity index (χ3n) is 5.31. The highest BCUT2D eigenvalue weighted by Crippen LogP contribution is 2.26. The minimum atomic E-state index is -0.323. The molecule has 0 bridgehead atoms. The van der Waals surface area contributed by atoms with Crippen LogP contribution in [0.25, 0.3) is 28.0 Å². The fraction of sp³-hybridized carbons (Fsp3) is 0.0800. The summed E-state index contributed by atoms with van der Waals surface area (Å²) in [5.41, 5.74) is 3.41. The van der Waals surface area contributed by atoms with Crippen LogP contribution in [0.4, 0.5) is 4.39 Å². The first-order valence-electron chi connectivity index (χ1n) is 10.1. The number of carbonyl (C=O) groups is 1. The second-order valence-corrected chi connectivity index (χ2v) is 7.43. The molecule has 7 heteroatoms. The Morgan fingerprint density at radius 1 is 1.09 bits per heavy atom. The van der Waals surface area contributed by atoms with E-state index in [0.29, 0.717) is 34.9 Å². The number of amides is 1. The van der Waals surface area contributed by atoms with Gasteiger partial charge in [-0.1, -0.05) is 24.3 Å². The molecule has 5 rings (SSSR count). The molecule has 5 aromatic rings. The molecule has 158 valence electrons. The fourth-order valence-electron chi connectivity index (χ4n) is 3.67. The maximum Gasteiger partial charge on any atom is 0.251 e. The van der Waals surface area contributed by atoms with Crippen LogP contribution in [0.1, 0.15) is 21.7 Å². The van der Waals surface area contributed by atoms with E-state index in [2.05, 4.69) is 15.3 Å². The van der Waals surface area contributed by atoms with Crippen LogP contribution in [-0.2, 0) is 6.54 Å². The molecule has 0 radical (unpaired) electrons. The number of hydrogen-bond acceptors (Lipinski definition) is 4. The van der Waals surface area contributed by atoms with E-state index in [1.807, 2.05) is 29.8 Å². The molecule has 0 unspecified atom stereocenters.